The van der Waals surface area contributed by atoms with Crippen LogP contribution in [0.1, 0.15) is 34.7 Å². The Morgan fingerprint density at radius 3 is 2.14 bits per heavy atom. The van der Waals surface area contributed by atoms with Gasteiger partial charge in [-0.25, -0.2) is 4.99 Å². The van der Waals surface area contributed by atoms with Crippen molar-refractivity contribution in [3.63, 3.8) is 0 Å². The van der Waals surface area contributed by atoms with Gasteiger partial charge in [-0.3, -0.25) is 0 Å². The van der Waals surface area contributed by atoms with E-state index in [0.717, 1.165) is 17.9 Å². The lowest BCUT2D eigenvalue weighted by Crippen LogP contribution is -1.99. The molecule has 0 unspecified atom stereocenters. The Labute approximate surface area is 130 Å². The van der Waals surface area contributed by atoms with E-state index >= 15 is 0 Å². The molecule has 0 saturated carbocycles. The Morgan fingerprint density at radius 1 is 0.952 bits per heavy atom. The van der Waals surface area contributed by atoms with Crippen LogP contribution in [0.15, 0.2) is 59.6 Å². The summed E-state index contributed by atoms with van der Waals surface area (Å²) in [5, 5.41) is 3.35. The van der Waals surface area contributed by atoms with Crippen molar-refractivity contribution < 1.29 is 1.43 Å². The molecule has 2 aromatic rings. The average molecular weight is 287 g/mol. The van der Waals surface area contributed by atoms with E-state index in [2.05, 4.69) is 22.4 Å². The maximum atomic E-state index is 5.32. The second-order valence-electron chi connectivity index (χ2n) is 3.63. The summed E-state index contributed by atoms with van der Waals surface area (Å²) in [6.07, 6.45) is 1.31. The highest BCUT2D eigenvalue weighted by Gasteiger charge is 1.98. The molecule has 3 nitrogen and oxygen atoms in total. The molecule has 0 amide bonds. The molecule has 2 aromatic carbocycles. The van der Waals surface area contributed by atoms with Gasteiger partial charge in [-0.05, 0) is 17.7 Å². The van der Waals surface area contributed by atoms with Crippen LogP contribution >= 0.6 is 0 Å². The molecule has 0 saturated heterocycles. The number of rotatable bonds is 4. The topological polar surface area (TPSA) is 50.4 Å². The van der Waals surface area contributed by atoms with E-state index in [-0.39, 0.29) is 1.43 Å². The van der Waals surface area contributed by atoms with E-state index in [0.29, 0.717) is 0 Å². The third-order valence-corrected chi connectivity index (χ3v) is 2.44. The van der Waals surface area contributed by atoms with E-state index in [1.165, 1.54) is 11.9 Å². The average Bonchev–Trinajstić information content (AvgIpc) is 2.59. The van der Waals surface area contributed by atoms with Crippen molar-refractivity contribution in [1.29, 1.82) is 0 Å². The van der Waals surface area contributed by atoms with Gasteiger partial charge in [0, 0.05) is 7.97 Å². The second-order valence-corrected chi connectivity index (χ2v) is 3.63. The number of nitrogens with zero attached hydrogens (tertiary/aromatic N) is 1. The van der Waals surface area contributed by atoms with Gasteiger partial charge >= 0.3 is 0 Å². The van der Waals surface area contributed by atoms with Crippen LogP contribution in [-0.4, -0.2) is 6.34 Å². The van der Waals surface area contributed by atoms with Crippen molar-refractivity contribution in [3.8, 4) is 0 Å². The number of para-hydroxylation sites is 2. The lowest BCUT2D eigenvalue weighted by Gasteiger charge is -2.08. The molecule has 0 bridgehead atoms. The van der Waals surface area contributed by atoms with Gasteiger partial charge in [-0.2, -0.15) is 0 Å². The van der Waals surface area contributed by atoms with Crippen LogP contribution in [0, 0.1) is 0 Å². The molecule has 0 fully saturated rings. The van der Waals surface area contributed by atoms with Gasteiger partial charge in [-0.1, -0.05) is 70.2 Å². The maximum Gasteiger partial charge on any atom is 0.0878 e. The Balaban J connectivity index is 0. The first-order valence-corrected chi connectivity index (χ1v) is 7.51. The number of benzene rings is 2. The molecule has 0 radical (unpaired) electrons. The minimum absolute atomic E-state index is 0. The summed E-state index contributed by atoms with van der Waals surface area (Å²) in [6, 6.07) is 18.1. The third kappa shape index (κ3) is 7.16. The number of hydrogen-bond acceptors (Lipinski definition) is 2. The van der Waals surface area contributed by atoms with E-state index in [9.17, 15) is 0 Å². The molecule has 0 aliphatic rings. The van der Waals surface area contributed by atoms with Crippen molar-refractivity contribution in [2.24, 2.45) is 10.7 Å². The van der Waals surface area contributed by atoms with Crippen molar-refractivity contribution in [2.75, 3.05) is 5.32 Å². The molecular formula is C18H29N3. The summed E-state index contributed by atoms with van der Waals surface area (Å²) >= 11 is 0. The Kier molecular flexibility index (Phi) is 11.3. The van der Waals surface area contributed by atoms with Gasteiger partial charge in [-0.15, -0.1) is 0 Å². The smallest absolute Gasteiger partial charge is 0.0878 e. The van der Waals surface area contributed by atoms with Crippen molar-refractivity contribution in [2.45, 2.75) is 34.2 Å². The first-order chi connectivity index (χ1) is 10.4. The minimum atomic E-state index is 0. The third-order valence-electron chi connectivity index (χ3n) is 2.44. The SMILES string of the molecule is CC.CC.NC=Nc1ccccc1NCc1ccccc1.[HH]. The number of nitrogens with two attached hydrogens (primary N) is 1. The quantitative estimate of drug-likeness (QED) is 0.598. The van der Waals surface area contributed by atoms with Crippen molar-refractivity contribution in [1.82, 2.24) is 0 Å². The van der Waals surface area contributed by atoms with Crippen LogP contribution < -0.4 is 11.1 Å². The van der Waals surface area contributed by atoms with Crippen LogP contribution in [0.3, 0.4) is 0 Å². The summed E-state index contributed by atoms with van der Waals surface area (Å²) in [6.45, 7) is 8.78. The normalized spacial score (nSPS) is 9.14. The summed E-state index contributed by atoms with van der Waals surface area (Å²) in [7, 11) is 0. The van der Waals surface area contributed by atoms with Gasteiger partial charge in [0.25, 0.3) is 0 Å². The molecule has 0 aliphatic carbocycles. The lowest BCUT2D eigenvalue weighted by atomic mass is 10.2. The summed E-state index contributed by atoms with van der Waals surface area (Å²) < 4.78 is 0. The van der Waals surface area contributed by atoms with Crippen LogP contribution in [0.5, 0.6) is 0 Å². The van der Waals surface area contributed by atoms with Gasteiger partial charge in [0.05, 0.1) is 17.7 Å². The van der Waals surface area contributed by atoms with Crippen LogP contribution in [0.4, 0.5) is 11.4 Å². The van der Waals surface area contributed by atoms with E-state index < -0.39 is 0 Å². The van der Waals surface area contributed by atoms with Crippen molar-refractivity contribution in [3.05, 3.63) is 60.2 Å². The first-order valence-electron chi connectivity index (χ1n) is 7.51. The highest BCUT2D eigenvalue weighted by atomic mass is 14.9. The number of anilines is 1. The molecule has 0 aliphatic heterocycles. The molecule has 2 rings (SSSR count). The molecular weight excluding hydrogens is 258 g/mol. The molecule has 0 heterocycles. The fraction of sp³-hybridized carbons (Fsp3) is 0.278. The van der Waals surface area contributed by atoms with E-state index in [1.54, 1.807) is 0 Å². The Hall–Kier alpha value is -2.29. The summed E-state index contributed by atoms with van der Waals surface area (Å²) in [5.74, 6) is 0. The monoisotopic (exact) mass is 287 g/mol. The molecule has 116 valence electrons. The zero-order valence-corrected chi connectivity index (χ0v) is 13.5. The van der Waals surface area contributed by atoms with Gasteiger partial charge < -0.3 is 11.1 Å². The standard InChI is InChI=1S/C14H15N3.2C2H6.H2/c15-11-17-14-9-5-4-8-13(14)16-10-12-6-2-1-3-7-12;2*1-2;/h1-9,11,16H,10H2,(H2,15,17);2*1-2H3;1H. The van der Waals surface area contributed by atoms with Crippen LogP contribution in [0.25, 0.3) is 0 Å². The van der Waals surface area contributed by atoms with Gasteiger partial charge in [0.2, 0.25) is 0 Å². The molecule has 3 heteroatoms. The highest BCUT2D eigenvalue weighted by Crippen LogP contribution is 2.24. The fourth-order valence-corrected chi connectivity index (χ4v) is 1.61. The van der Waals surface area contributed by atoms with E-state index in [1.807, 2.05) is 70.2 Å². The molecule has 21 heavy (non-hydrogen) atoms. The minimum Gasteiger partial charge on any atom is -0.390 e. The predicted octanol–water partition coefficient (Wildman–Crippen LogP) is 5.22. The van der Waals surface area contributed by atoms with Gasteiger partial charge in [0.1, 0.15) is 0 Å². The largest absolute Gasteiger partial charge is 0.390 e. The molecule has 3 N–H and O–H groups in total. The molecule has 0 aromatic heterocycles. The zero-order chi connectivity index (χ0) is 15.9. The summed E-state index contributed by atoms with van der Waals surface area (Å²) in [5.41, 5.74) is 8.39. The zero-order valence-electron chi connectivity index (χ0n) is 13.5. The fourth-order valence-electron chi connectivity index (χ4n) is 1.61. The second kappa shape index (κ2) is 12.7. The van der Waals surface area contributed by atoms with E-state index in [4.69, 9.17) is 5.73 Å². The van der Waals surface area contributed by atoms with Gasteiger partial charge in [0.15, 0.2) is 0 Å². The lowest BCUT2D eigenvalue weighted by molar-refractivity contribution is 1.15. The number of nitrogens with one attached hydrogen (secondary N) is 1. The first kappa shape index (κ1) is 18.7. The van der Waals surface area contributed by atoms with Crippen LogP contribution in [0.2, 0.25) is 0 Å². The number of aliphatic imine (C=N–C) groups is 1. The predicted molar refractivity (Wildman–Crippen MR) is 97.4 cm³/mol. The maximum absolute atomic E-state index is 5.32. The molecule has 0 atom stereocenters. The van der Waals surface area contributed by atoms with Crippen LogP contribution in [-0.2, 0) is 6.54 Å². The highest BCUT2D eigenvalue weighted by molar-refractivity contribution is 5.70. The summed E-state index contributed by atoms with van der Waals surface area (Å²) in [4.78, 5) is 4.11. The number of hydrogen-bond donors (Lipinski definition) is 2. The van der Waals surface area contributed by atoms with Crippen molar-refractivity contribution >= 4 is 17.7 Å². The molecule has 0 spiro atoms. The Bertz CT molecular complexity index is 499. The Morgan fingerprint density at radius 2 is 1.52 bits per heavy atom.